The standard InChI is InChI=1S/C18H17N5O2S/c1-13-3-2-4-14(11-13)18-21-23-10-9-20-17(23)12-22(18)15-5-7-16(8-6-15)26(19,24)25/h2-12,20H,1H3,(H2,19,24,25). The maximum absolute atomic E-state index is 11.5. The minimum Gasteiger partial charge on any atom is -0.344 e. The van der Waals surface area contributed by atoms with E-state index >= 15 is 0 Å². The third-order valence-corrected chi connectivity index (χ3v) is 5.02. The van der Waals surface area contributed by atoms with Crippen LogP contribution in [0.1, 0.15) is 11.1 Å². The zero-order valence-corrected chi connectivity index (χ0v) is 14.8. The number of rotatable bonds is 3. The van der Waals surface area contributed by atoms with Gasteiger partial charge in [-0.3, -0.25) is 4.90 Å². The molecule has 0 aromatic heterocycles. The van der Waals surface area contributed by atoms with Crippen molar-refractivity contribution in [3.05, 3.63) is 84.1 Å². The molecule has 2 aliphatic rings. The summed E-state index contributed by atoms with van der Waals surface area (Å²) in [7, 11) is -3.73. The number of hydrogen-bond acceptors (Lipinski definition) is 6. The van der Waals surface area contributed by atoms with E-state index in [0.29, 0.717) is 0 Å². The number of amidine groups is 1. The van der Waals surface area contributed by atoms with Gasteiger partial charge in [0.05, 0.1) is 11.1 Å². The zero-order valence-electron chi connectivity index (χ0n) is 14.0. The summed E-state index contributed by atoms with van der Waals surface area (Å²) in [6.45, 7) is 2.02. The van der Waals surface area contributed by atoms with Gasteiger partial charge in [0.25, 0.3) is 0 Å². The van der Waals surface area contributed by atoms with Gasteiger partial charge in [0.1, 0.15) is 5.82 Å². The Morgan fingerprint density at radius 1 is 1.12 bits per heavy atom. The number of nitrogens with one attached hydrogen (secondary N) is 1. The van der Waals surface area contributed by atoms with E-state index in [-0.39, 0.29) is 4.90 Å². The van der Waals surface area contributed by atoms with Crippen molar-refractivity contribution in [1.82, 2.24) is 10.3 Å². The first-order valence-corrected chi connectivity index (χ1v) is 9.48. The van der Waals surface area contributed by atoms with Crippen LogP contribution in [0.2, 0.25) is 0 Å². The molecule has 0 spiro atoms. The number of nitrogens with zero attached hydrogens (tertiary/aromatic N) is 3. The average molecular weight is 367 g/mol. The molecule has 4 rings (SSSR count). The molecule has 0 unspecified atom stereocenters. The number of hydrogen-bond donors (Lipinski definition) is 2. The van der Waals surface area contributed by atoms with E-state index in [0.717, 1.165) is 28.5 Å². The minimum absolute atomic E-state index is 0.0715. The minimum atomic E-state index is -3.73. The van der Waals surface area contributed by atoms with Crippen molar-refractivity contribution in [3.8, 4) is 0 Å². The van der Waals surface area contributed by atoms with Crippen LogP contribution >= 0.6 is 0 Å². The molecule has 26 heavy (non-hydrogen) atoms. The summed E-state index contributed by atoms with van der Waals surface area (Å²) in [5, 5.41) is 14.8. The van der Waals surface area contributed by atoms with E-state index in [2.05, 4.69) is 11.4 Å². The quantitative estimate of drug-likeness (QED) is 0.866. The molecule has 2 aromatic carbocycles. The van der Waals surface area contributed by atoms with Crippen LogP contribution in [-0.4, -0.2) is 19.3 Å². The molecule has 0 fully saturated rings. The second-order valence-corrected chi connectivity index (χ2v) is 7.58. The SMILES string of the molecule is Cc1cccc(C2=NN3C=CNC3=CN2c2ccc(S(N)(=O)=O)cc2)c1. The molecule has 0 radical (unpaired) electrons. The Kier molecular flexibility index (Phi) is 3.78. The van der Waals surface area contributed by atoms with Crippen molar-refractivity contribution < 1.29 is 8.42 Å². The monoisotopic (exact) mass is 367 g/mol. The van der Waals surface area contributed by atoms with E-state index in [9.17, 15) is 8.42 Å². The summed E-state index contributed by atoms with van der Waals surface area (Å²) >= 11 is 0. The smallest absolute Gasteiger partial charge is 0.238 e. The maximum atomic E-state index is 11.5. The number of hydrazone groups is 1. The van der Waals surface area contributed by atoms with Gasteiger partial charge in [0.15, 0.2) is 5.84 Å². The Labute approximate surface area is 151 Å². The third-order valence-electron chi connectivity index (χ3n) is 4.10. The summed E-state index contributed by atoms with van der Waals surface area (Å²) in [6, 6.07) is 14.4. The first kappa shape index (κ1) is 16.4. The predicted molar refractivity (Wildman–Crippen MR) is 100 cm³/mol. The van der Waals surface area contributed by atoms with E-state index < -0.39 is 10.0 Å². The highest BCUT2D eigenvalue weighted by atomic mass is 32.2. The molecule has 8 heteroatoms. The number of primary sulfonamides is 1. The largest absolute Gasteiger partial charge is 0.344 e. The number of nitrogens with two attached hydrogens (primary N) is 1. The van der Waals surface area contributed by atoms with Crippen molar-refractivity contribution in [2.75, 3.05) is 4.90 Å². The Morgan fingerprint density at radius 2 is 1.88 bits per heavy atom. The first-order chi connectivity index (χ1) is 12.4. The van der Waals surface area contributed by atoms with Crippen LogP contribution in [0, 0.1) is 6.92 Å². The lowest BCUT2D eigenvalue weighted by molar-refractivity contribution is 0.489. The normalized spacial score (nSPS) is 16.1. The Hall–Kier alpha value is -3.10. The first-order valence-electron chi connectivity index (χ1n) is 7.94. The van der Waals surface area contributed by atoms with Crippen molar-refractivity contribution in [2.24, 2.45) is 10.2 Å². The molecule has 2 heterocycles. The molecule has 2 aliphatic heterocycles. The summed E-state index contributed by atoms with van der Waals surface area (Å²) < 4.78 is 23.0. The zero-order chi connectivity index (χ0) is 18.3. The third kappa shape index (κ3) is 2.96. The van der Waals surface area contributed by atoms with Gasteiger partial charge in [-0.1, -0.05) is 23.8 Å². The lowest BCUT2D eigenvalue weighted by atomic mass is 10.1. The molecule has 0 saturated heterocycles. The van der Waals surface area contributed by atoms with Crippen LogP contribution in [0.5, 0.6) is 0 Å². The van der Waals surface area contributed by atoms with E-state index in [1.165, 1.54) is 12.1 Å². The van der Waals surface area contributed by atoms with Crippen molar-refractivity contribution in [1.29, 1.82) is 0 Å². The highest BCUT2D eigenvalue weighted by Gasteiger charge is 2.25. The van der Waals surface area contributed by atoms with Gasteiger partial charge < -0.3 is 5.32 Å². The molecule has 0 saturated carbocycles. The fourth-order valence-corrected chi connectivity index (χ4v) is 3.35. The predicted octanol–water partition coefficient (Wildman–Crippen LogP) is 2.00. The van der Waals surface area contributed by atoms with Gasteiger partial charge in [0.2, 0.25) is 10.0 Å². The van der Waals surface area contributed by atoms with Crippen LogP contribution in [-0.2, 0) is 10.0 Å². The lowest BCUT2D eigenvalue weighted by Crippen LogP contribution is -2.35. The second kappa shape index (κ2) is 6.01. The highest BCUT2D eigenvalue weighted by molar-refractivity contribution is 7.89. The van der Waals surface area contributed by atoms with Gasteiger partial charge in [-0.2, -0.15) is 0 Å². The topological polar surface area (TPSA) is 91.0 Å². The highest BCUT2D eigenvalue weighted by Crippen LogP contribution is 2.27. The van der Waals surface area contributed by atoms with E-state index in [1.807, 2.05) is 42.4 Å². The fraction of sp³-hybridized carbons (Fsp3) is 0.0556. The van der Waals surface area contributed by atoms with Gasteiger partial charge >= 0.3 is 0 Å². The van der Waals surface area contributed by atoms with Crippen LogP contribution in [0.3, 0.4) is 0 Å². The molecule has 0 atom stereocenters. The fourth-order valence-electron chi connectivity index (χ4n) is 2.83. The molecule has 0 aliphatic carbocycles. The van der Waals surface area contributed by atoms with E-state index in [4.69, 9.17) is 10.2 Å². The Balaban J connectivity index is 1.79. The molecular formula is C18H17N5O2S. The summed E-state index contributed by atoms with van der Waals surface area (Å²) in [5.41, 5.74) is 2.86. The molecule has 0 bridgehead atoms. The molecule has 0 amide bonds. The summed E-state index contributed by atoms with van der Waals surface area (Å²) in [5.74, 6) is 1.53. The average Bonchev–Trinajstić information content (AvgIpc) is 3.07. The second-order valence-electron chi connectivity index (χ2n) is 6.02. The number of aryl methyl sites for hydroxylation is 1. The van der Waals surface area contributed by atoms with Gasteiger partial charge in [0, 0.05) is 23.7 Å². The molecule has 2 aromatic rings. The number of sulfonamides is 1. The van der Waals surface area contributed by atoms with E-state index in [1.54, 1.807) is 23.3 Å². The number of benzene rings is 2. The Bertz CT molecular complexity index is 1060. The molecule has 7 nitrogen and oxygen atoms in total. The molecule has 3 N–H and O–H groups in total. The van der Waals surface area contributed by atoms with Crippen molar-refractivity contribution in [3.63, 3.8) is 0 Å². The molecular weight excluding hydrogens is 350 g/mol. The van der Waals surface area contributed by atoms with Crippen molar-refractivity contribution in [2.45, 2.75) is 11.8 Å². The number of fused-ring (bicyclic) bond motifs is 1. The van der Waals surface area contributed by atoms with Gasteiger partial charge in [-0.15, -0.1) is 5.10 Å². The van der Waals surface area contributed by atoms with Gasteiger partial charge in [-0.05, 0) is 37.3 Å². The van der Waals surface area contributed by atoms with Crippen molar-refractivity contribution >= 4 is 21.5 Å². The lowest BCUT2D eigenvalue weighted by Gasteiger charge is -2.30. The van der Waals surface area contributed by atoms with Gasteiger partial charge in [-0.25, -0.2) is 18.6 Å². The van der Waals surface area contributed by atoms with Crippen LogP contribution in [0.25, 0.3) is 0 Å². The summed E-state index contributed by atoms with van der Waals surface area (Å²) in [6.07, 6.45) is 5.55. The van der Waals surface area contributed by atoms with Crippen LogP contribution in [0.4, 0.5) is 5.69 Å². The Morgan fingerprint density at radius 3 is 2.58 bits per heavy atom. The van der Waals surface area contributed by atoms with Crippen LogP contribution < -0.4 is 15.4 Å². The van der Waals surface area contributed by atoms with Crippen LogP contribution in [0.15, 0.2) is 82.9 Å². The molecule has 132 valence electrons. The summed E-state index contributed by atoms with van der Waals surface area (Å²) in [4.78, 5) is 1.98. The number of anilines is 1. The maximum Gasteiger partial charge on any atom is 0.238 e.